The maximum atomic E-state index is 11.3. The second-order valence-corrected chi connectivity index (χ2v) is 4.51. The Labute approximate surface area is 123 Å². The molecule has 1 aromatic carbocycles. The van der Waals surface area contributed by atoms with E-state index in [1.165, 1.54) is 0 Å². The third-order valence-corrected chi connectivity index (χ3v) is 2.46. The summed E-state index contributed by atoms with van der Waals surface area (Å²) in [7, 11) is 0. The van der Waals surface area contributed by atoms with Crippen LogP contribution < -0.4 is 21.5 Å². The van der Waals surface area contributed by atoms with Gasteiger partial charge in [-0.3, -0.25) is 15.6 Å². The van der Waals surface area contributed by atoms with Crippen LogP contribution in [-0.2, 0) is 4.79 Å². The van der Waals surface area contributed by atoms with Crippen molar-refractivity contribution in [2.75, 3.05) is 5.32 Å². The van der Waals surface area contributed by atoms with E-state index in [-0.39, 0.29) is 11.0 Å². The molecule has 7 heteroatoms. The van der Waals surface area contributed by atoms with Crippen molar-refractivity contribution in [3.8, 4) is 0 Å². The first-order valence-corrected chi connectivity index (χ1v) is 6.65. The molecule has 0 aromatic heterocycles. The molecule has 1 aromatic rings. The summed E-state index contributed by atoms with van der Waals surface area (Å²) in [4.78, 5) is 11.3. The van der Waals surface area contributed by atoms with Gasteiger partial charge in [0.2, 0.25) is 5.91 Å². The molecule has 0 aliphatic heterocycles. The number of nitrogens with one attached hydrogen (secondary N) is 4. The highest BCUT2D eigenvalue weighted by atomic mass is 32.1. The Morgan fingerprint density at radius 1 is 1.11 bits per heavy atom. The Balaban J connectivity index is 2.27. The van der Waals surface area contributed by atoms with Crippen LogP contribution in [0.1, 0.15) is 19.8 Å². The van der Waals surface area contributed by atoms with E-state index >= 15 is 0 Å². The average molecular weight is 296 g/mol. The zero-order chi connectivity index (χ0) is 14.1. The van der Waals surface area contributed by atoms with Crippen molar-refractivity contribution in [1.29, 1.82) is 0 Å². The van der Waals surface area contributed by atoms with Crippen LogP contribution in [-0.4, -0.2) is 16.1 Å². The van der Waals surface area contributed by atoms with Crippen molar-refractivity contribution in [3.05, 3.63) is 30.3 Å². The zero-order valence-electron chi connectivity index (χ0n) is 10.5. The number of hydrogen-bond acceptors (Lipinski definition) is 3. The molecule has 5 nitrogen and oxygen atoms in total. The van der Waals surface area contributed by atoms with E-state index in [1.807, 2.05) is 37.3 Å². The Hall–Kier alpha value is -1.73. The van der Waals surface area contributed by atoms with Crippen molar-refractivity contribution < 1.29 is 4.79 Å². The van der Waals surface area contributed by atoms with Gasteiger partial charge < -0.3 is 10.6 Å². The molecule has 1 rings (SSSR count). The molecule has 0 saturated carbocycles. The molecule has 0 atom stereocenters. The van der Waals surface area contributed by atoms with Gasteiger partial charge in [0.25, 0.3) is 0 Å². The minimum atomic E-state index is -0.122. The molecule has 0 heterocycles. The van der Waals surface area contributed by atoms with E-state index in [0.717, 1.165) is 12.1 Å². The van der Waals surface area contributed by atoms with E-state index in [1.54, 1.807) is 0 Å². The van der Waals surface area contributed by atoms with Crippen LogP contribution in [0.3, 0.4) is 0 Å². The average Bonchev–Trinajstić information content (AvgIpc) is 2.38. The first-order valence-electron chi connectivity index (χ1n) is 5.83. The monoisotopic (exact) mass is 296 g/mol. The molecule has 0 bridgehead atoms. The summed E-state index contributed by atoms with van der Waals surface area (Å²) in [5, 5.41) is 6.04. The molecular weight excluding hydrogens is 280 g/mol. The second kappa shape index (κ2) is 8.39. The van der Waals surface area contributed by atoms with Crippen molar-refractivity contribution in [3.63, 3.8) is 0 Å². The SMILES string of the molecule is CCCC(=O)NC(=S)NNC(=S)Nc1ccccc1. The predicted octanol–water partition coefficient (Wildman–Crippen LogP) is 1.68. The minimum Gasteiger partial charge on any atom is -0.331 e. The maximum absolute atomic E-state index is 11.3. The van der Waals surface area contributed by atoms with Gasteiger partial charge in [-0.2, -0.15) is 0 Å². The highest BCUT2D eigenvalue weighted by Crippen LogP contribution is 2.03. The fraction of sp³-hybridized carbons (Fsp3) is 0.250. The summed E-state index contributed by atoms with van der Waals surface area (Å²) in [6, 6.07) is 9.48. The molecule has 0 radical (unpaired) electrons. The van der Waals surface area contributed by atoms with Gasteiger partial charge >= 0.3 is 0 Å². The van der Waals surface area contributed by atoms with Crippen molar-refractivity contribution in [2.45, 2.75) is 19.8 Å². The third kappa shape index (κ3) is 6.68. The quantitative estimate of drug-likeness (QED) is 0.503. The molecule has 0 saturated heterocycles. The molecule has 4 N–H and O–H groups in total. The van der Waals surface area contributed by atoms with Gasteiger partial charge in [-0.25, -0.2) is 0 Å². The summed E-state index contributed by atoms with van der Waals surface area (Å²) in [6.45, 7) is 1.92. The number of hydrazine groups is 1. The van der Waals surface area contributed by atoms with Gasteiger partial charge in [0.05, 0.1) is 0 Å². The lowest BCUT2D eigenvalue weighted by Gasteiger charge is -2.13. The van der Waals surface area contributed by atoms with Crippen LogP contribution in [0, 0.1) is 0 Å². The number of para-hydroxylation sites is 1. The lowest BCUT2D eigenvalue weighted by molar-refractivity contribution is -0.119. The normalized spacial score (nSPS) is 9.32. The van der Waals surface area contributed by atoms with Crippen LogP contribution in [0.2, 0.25) is 0 Å². The van der Waals surface area contributed by atoms with Crippen LogP contribution >= 0.6 is 24.4 Å². The largest absolute Gasteiger partial charge is 0.331 e. The van der Waals surface area contributed by atoms with E-state index < -0.39 is 0 Å². The van der Waals surface area contributed by atoms with E-state index in [0.29, 0.717) is 11.5 Å². The first kappa shape index (κ1) is 15.3. The lowest BCUT2D eigenvalue weighted by Crippen LogP contribution is -2.49. The highest BCUT2D eigenvalue weighted by molar-refractivity contribution is 7.80. The second-order valence-electron chi connectivity index (χ2n) is 3.70. The molecule has 19 heavy (non-hydrogen) atoms. The highest BCUT2D eigenvalue weighted by Gasteiger charge is 2.03. The van der Waals surface area contributed by atoms with Crippen molar-refractivity contribution >= 4 is 46.3 Å². The lowest BCUT2D eigenvalue weighted by atomic mass is 10.3. The van der Waals surface area contributed by atoms with Crippen molar-refractivity contribution in [1.82, 2.24) is 16.2 Å². The van der Waals surface area contributed by atoms with E-state index in [2.05, 4.69) is 21.5 Å². The number of hydrogen-bond donors (Lipinski definition) is 4. The topological polar surface area (TPSA) is 65.2 Å². The van der Waals surface area contributed by atoms with Gasteiger partial charge in [-0.1, -0.05) is 25.1 Å². The molecular formula is C12H16N4OS2. The van der Waals surface area contributed by atoms with Crippen LogP contribution in [0.15, 0.2) is 30.3 Å². The molecule has 0 fully saturated rings. The Morgan fingerprint density at radius 3 is 2.37 bits per heavy atom. The summed E-state index contributed by atoms with van der Waals surface area (Å²) in [5.74, 6) is -0.122. The number of thiocarbonyl (C=S) groups is 2. The first-order chi connectivity index (χ1) is 9.11. The fourth-order valence-corrected chi connectivity index (χ4v) is 1.58. The number of carbonyl (C=O) groups excluding carboxylic acids is 1. The summed E-state index contributed by atoms with van der Waals surface area (Å²) in [6.07, 6.45) is 1.21. The number of carbonyl (C=O) groups is 1. The van der Waals surface area contributed by atoms with Crippen LogP contribution in [0.5, 0.6) is 0 Å². The molecule has 0 spiro atoms. The van der Waals surface area contributed by atoms with Gasteiger partial charge in [0.15, 0.2) is 10.2 Å². The van der Waals surface area contributed by atoms with Gasteiger partial charge in [0, 0.05) is 12.1 Å². The maximum Gasteiger partial charge on any atom is 0.226 e. The predicted molar refractivity (Wildman–Crippen MR) is 84.6 cm³/mol. The zero-order valence-corrected chi connectivity index (χ0v) is 12.2. The number of anilines is 1. The Morgan fingerprint density at radius 2 is 1.74 bits per heavy atom. The number of benzene rings is 1. The summed E-state index contributed by atoms with van der Waals surface area (Å²) < 4.78 is 0. The molecule has 0 unspecified atom stereocenters. The molecule has 1 amide bonds. The molecule has 0 aliphatic carbocycles. The summed E-state index contributed by atoms with van der Waals surface area (Å²) in [5.41, 5.74) is 6.19. The van der Waals surface area contributed by atoms with E-state index in [9.17, 15) is 4.79 Å². The van der Waals surface area contributed by atoms with Crippen LogP contribution in [0.25, 0.3) is 0 Å². The van der Waals surface area contributed by atoms with Gasteiger partial charge in [-0.05, 0) is 43.0 Å². The number of rotatable bonds is 3. The molecule has 0 aliphatic rings. The van der Waals surface area contributed by atoms with Gasteiger partial charge in [0.1, 0.15) is 0 Å². The standard InChI is InChI=1S/C12H16N4OS2/c1-2-6-10(17)14-12(19)16-15-11(18)13-9-7-4-3-5-8-9/h3-5,7-8H,2,6H2,1H3,(H2,13,15,18)(H2,14,16,17,19). The molecule has 102 valence electrons. The van der Waals surface area contributed by atoms with Crippen LogP contribution in [0.4, 0.5) is 5.69 Å². The van der Waals surface area contributed by atoms with Gasteiger partial charge in [-0.15, -0.1) is 0 Å². The third-order valence-electron chi connectivity index (χ3n) is 2.05. The Bertz CT molecular complexity index is 450. The van der Waals surface area contributed by atoms with Crippen molar-refractivity contribution in [2.24, 2.45) is 0 Å². The number of amides is 1. The Kier molecular flexibility index (Phi) is 6.76. The summed E-state index contributed by atoms with van der Waals surface area (Å²) >= 11 is 10.00. The minimum absolute atomic E-state index is 0.122. The van der Waals surface area contributed by atoms with E-state index in [4.69, 9.17) is 24.4 Å². The fourth-order valence-electron chi connectivity index (χ4n) is 1.24. The smallest absolute Gasteiger partial charge is 0.226 e.